The van der Waals surface area contributed by atoms with Crippen molar-refractivity contribution in [1.29, 1.82) is 0 Å². The highest BCUT2D eigenvalue weighted by molar-refractivity contribution is 7.52. The monoisotopic (exact) mass is 292 g/mol. The minimum absolute atomic E-state index is 0.367. The minimum atomic E-state index is -4.39. The van der Waals surface area contributed by atoms with Gasteiger partial charge in [0.15, 0.2) is 11.4 Å². The molecule has 0 heterocycles. The summed E-state index contributed by atoms with van der Waals surface area (Å²) >= 11 is 5.77. The molecule has 0 saturated heterocycles. The van der Waals surface area contributed by atoms with Crippen LogP contribution in [0.3, 0.4) is 0 Å². The fourth-order valence-corrected chi connectivity index (χ4v) is 2.19. The Labute approximate surface area is 110 Å². The molecule has 0 spiro atoms. The summed E-state index contributed by atoms with van der Waals surface area (Å²) in [4.78, 5) is 29.3. The normalized spacial score (nSPS) is 12.3. The van der Waals surface area contributed by atoms with E-state index in [-0.39, 0.29) is 0 Å². The molecule has 1 aromatic rings. The summed E-state index contributed by atoms with van der Waals surface area (Å²) in [5.41, 5.74) is -1.33. The molecule has 1 aromatic carbocycles. The number of carbonyl (C=O) groups excluding carboxylic acids is 1. The fourth-order valence-electron chi connectivity index (χ4n) is 1.26. The van der Waals surface area contributed by atoms with E-state index in [2.05, 4.69) is 0 Å². The minimum Gasteiger partial charge on any atom is -0.480 e. The van der Waals surface area contributed by atoms with Crippen LogP contribution in [-0.4, -0.2) is 27.3 Å². The molecule has 0 aliphatic heterocycles. The summed E-state index contributed by atoms with van der Waals surface area (Å²) in [6, 6.07) is 6.44. The van der Waals surface area contributed by atoms with E-state index in [0.29, 0.717) is 10.8 Å². The van der Waals surface area contributed by atoms with E-state index in [4.69, 9.17) is 26.1 Å². The van der Waals surface area contributed by atoms with Crippen molar-refractivity contribution in [3.8, 4) is 5.75 Å². The SMILES string of the molecule is CC(C)(Oc1cccc(Cl)c1)C(=O)CP(=O)(O)O. The Bertz CT molecular complexity index is 494. The lowest BCUT2D eigenvalue weighted by molar-refractivity contribution is -0.129. The fraction of sp³-hybridized carbons (Fsp3) is 0.364. The summed E-state index contributed by atoms with van der Waals surface area (Å²) < 4.78 is 16.2. The van der Waals surface area contributed by atoms with Crippen LogP contribution in [0.1, 0.15) is 13.8 Å². The van der Waals surface area contributed by atoms with E-state index in [9.17, 15) is 9.36 Å². The van der Waals surface area contributed by atoms with Crippen LogP contribution in [0.5, 0.6) is 5.75 Å². The number of ketones is 1. The molecule has 0 atom stereocenters. The summed E-state index contributed by atoms with van der Waals surface area (Å²) in [5, 5.41) is 0.450. The molecule has 0 aliphatic rings. The van der Waals surface area contributed by atoms with Crippen molar-refractivity contribution >= 4 is 25.0 Å². The summed E-state index contributed by atoms with van der Waals surface area (Å²) in [6.45, 7) is 2.90. The van der Waals surface area contributed by atoms with Crippen LogP contribution in [0.2, 0.25) is 5.02 Å². The van der Waals surface area contributed by atoms with Gasteiger partial charge in [-0.25, -0.2) is 0 Å². The van der Waals surface area contributed by atoms with Crippen LogP contribution in [0.4, 0.5) is 0 Å². The van der Waals surface area contributed by atoms with Crippen LogP contribution < -0.4 is 4.74 Å². The van der Waals surface area contributed by atoms with E-state index < -0.39 is 25.1 Å². The maximum absolute atomic E-state index is 11.7. The van der Waals surface area contributed by atoms with Gasteiger partial charge < -0.3 is 14.5 Å². The molecular weight excluding hydrogens is 279 g/mol. The Balaban J connectivity index is 2.81. The molecule has 0 fully saturated rings. The Kier molecular flexibility index (Phi) is 4.56. The third-order valence-electron chi connectivity index (χ3n) is 2.19. The molecule has 100 valence electrons. The molecule has 1 rings (SSSR count). The molecule has 0 unspecified atom stereocenters. The topological polar surface area (TPSA) is 83.8 Å². The van der Waals surface area contributed by atoms with Gasteiger partial charge in [0, 0.05) is 5.02 Å². The van der Waals surface area contributed by atoms with Gasteiger partial charge in [0.25, 0.3) is 0 Å². The molecule has 0 aromatic heterocycles. The van der Waals surface area contributed by atoms with Crippen molar-refractivity contribution in [2.45, 2.75) is 19.4 Å². The molecule has 0 aliphatic carbocycles. The Hall–Kier alpha value is -0.870. The van der Waals surface area contributed by atoms with Crippen LogP contribution >= 0.6 is 19.2 Å². The van der Waals surface area contributed by atoms with E-state index in [1.165, 1.54) is 19.9 Å². The number of hydrogen-bond donors (Lipinski definition) is 2. The smallest absolute Gasteiger partial charge is 0.333 e. The lowest BCUT2D eigenvalue weighted by Gasteiger charge is -2.25. The van der Waals surface area contributed by atoms with Gasteiger partial charge in [-0.3, -0.25) is 9.36 Å². The zero-order valence-electron chi connectivity index (χ0n) is 9.96. The zero-order chi connectivity index (χ0) is 14.0. The first-order valence-corrected chi connectivity index (χ1v) is 7.30. The van der Waals surface area contributed by atoms with Gasteiger partial charge in [0.2, 0.25) is 0 Å². The van der Waals surface area contributed by atoms with E-state index >= 15 is 0 Å². The first-order valence-electron chi connectivity index (χ1n) is 5.13. The zero-order valence-corrected chi connectivity index (χ0v) is 11.6. The molecule has 0 radical (unpaired) electrons. The number of rotatable bonds is 5. The third-order valence-corrected chi connectivity index (χ3v) is 3.12. The van der Waals surface area contributed by atoms with Gasteiger partial charge in [-0.2, -0.15) is 0 Å². The van der Waals surface area contributed by atoms with Gasteiger partial charge >= 0.3 is 7.60 Å². The molecule has 5 nitrogen and oxygen atoms in total. The van der Waals surface area contributed by atoms with Crippen molar-refractivity contribution in [2.24, 2.45) is 0 Å². The van der Waals surface area contributed by atoms with E-state index in [1.54, 1.807) is 18.2 Å². The van der Waals surface area contributed by atoms with Gasteiger partial charge in [0.1, 0.15) is 11.9 Å². The first-order chi connectivity index (χ1) is 8.10. The van der Waals surface area contributed by atoms with Crippen LogP contribution in [-0.2, 0) is 9.36 Å². The molecule has 0 saturated carbocycles. The second-order valence-electron chi connectivity index (χ2n) is 4.32. The first kappa shape index (κ1) is 15.2. The molecular formula is C11H14ClO5P. The van der Waals surface area contributed by atoms with Crippen molar-refractivity contribution in [3.63, 3.8) is 0 Å². The van der Waals surface area contributed by atoms with Crippen LogP contribution in [0.25, 0.3) is 0 Å². The quantitative estimate of drug-likeness (QED) is 0.813. The van der Waals surface area contributed by atoms with Crippen molar-refractivity contribution in [1.82, 2.24) is 0 Å². The van der Waals surface area contributed by atoms with Crippen molar-refractivity contribution < 1.29 is 23.9 Å². The van der Waals surface area contributed by atoms with Crippen LogP contribution in [0, 0.1) is 0 Å². The Morgan fingerprint density at radius 1 is 1.44 bits per heavy atom. The van der Waals surface area contributed by atoms with Gasteiger partial charge in [-0.15, -0.1) is 0 Å². The standard InChI is InChI=1S/C11H14ClO5P/c1-11(2,10(13)7-18(14,15)16)17-9-5-3-4-8(12)6-9/h3-6H,7H2,1-2H3,(H2,14,15,16). The van der Waals surface area contributed by atoms with E-state index in [1.807, 2.05) is 0 Å². The number of carbonyl (C=O) groups is 1. The number of Topliss-reactive ketones (excluding diaryl/α,β-unsaturated/α-hetero) is 1. The maximum Gasteiger partial charge on any atom is 0.333 e. The van der Waals surface area contributed by atoms with Gasteiger partial charge in [0.05, 0.1) is 0 Å². The Morgan fingerprint density at radius 2 is 2.06 bits per heavy atom. The molecule has 18 heavy (non-hydrogen) atoms. The number of halogens is 1. The highest BCUT2D eigenvalue weighted by Crippen LogP contribution is 2.36. The average molecular weight is 293 g/mol. The summed E-state index contributed by atoms with van der Waals surface area (Å²) in [7, 11) is -4.39. The van der Waals surface area contributed by atoms with E-state index in [0.717, 1.165) is 0 Å². The van der Waals surface area contributed by atoms with Crippen LogP contribution in [0.15, 0.2) is 24.3 Å². The summed E-state index contributed by atoms with van der Waals surface area (Å²) in [6.07, 6.45) is -0.847. The van der Waals surface area contributed by atoms with Gasteiger partial charge in [-0.05, 0) is 32.0 Å². The lowest BCUT2D eigenvalue weighted by atomic mass is 10.1. The number of benzene rings is 1. The Morgan fingerprint density at radius 3 is 2.56 bits per heavy atom. The summed E-state index contributed by atoms with van der Waals surface area (Å²) in [5.74, 6) is -0.303. The largest absolute Gasteiger partial charge is 0.480 e. The average Bonchev–Trinajstić information content (AvgIpc) is 2.13. The predicted molar refractivity (Wildman–Crippen MR) is 68.1 cm³/mol. The highest BCUT2D eigenvalue weighted by Gasteiger charge is 2.34. The maximum atomic E-state index is 11.7. The van der Waals surface area contributed by atoms with Crippen molar-refractivity contribution in [3.05, 3.63) is 29.3 Å². The molecule has 0 amide bonds. The molecule has 7 heteroatoms. The lowest BCUT2D eigenvalue weighted by Crippen LogP contribution is -2.40. The predicted octanol–water partition coefficient (Wildman–Crippen LogP) is 2.24. The second-order valence-corrected chi connectivity index (χ2v) is 6.40. The second kappa shape index (κ2) is 5.41. The number of ether oxygens (including phenoxy) is 1. The molecule has 2 N–H and O–H groups in total. The third kappa shape index (κ3) is 4.78. The molecule has 0 bridgehead atoms. The van der Waals surface area contributed by atoms with Crippen molar-refractivity contribution in [2.75, 3.05) is 6.16 Å². The number of hydrogen-bond acceptors (Lipinski definition) is 3. The van der Waals surface area contributed by atoms with Gasteiger partial charge in [-0.1, -0.05) is 17.7 Å². The highest BCUT2D eigenvalue weighted by atomic mass is 35.5.